The van der Waals surface area contributed by atoms with Crippen molar-refractivity contribution >= 4 is 27.5 Å². The van der Waals surface area contributed by atoms with Gasteiger partial charge in [-0.25, -0.2) is 4.52 Å². The van der Waals surface area contributed by atoms with Crippen LogP contribution in [0.3, 0.4) is 0 Å². The molecule has 0 radical (unpaired) electrons. The summed E-state index contributed by atoms with van der Waals surface area (Å²) in [6.45, 7) is 4.17. The van der Waals surface area contributed by atoms with Gasteiger partial charge in [0.1, 0.15) is 0 Å². The zero-order valence-corrected chi connectivity index (χ0v) is 13.3. The van der Waals surface area contributed by atoms with E-state index in [2.05, 4.69) is 55.2 Å². The van der Waals surface area contributed by atoms with E-state index in [1.807, 2.05) is 18.3 Å². The summed E-state index contributed by atoms with van der Waals surface area (Å²) in [4.78, 5) is 9.22. The predicted octanol–water partition coefficient (Wildman–Crippen LogP) is 1.15. The van der Waals surface area contributed by atoms with Crippen LogP contribution in [0, 0.1) is 0 Å². The number of aromatic nitrogens is 3. The summed E-state index contributed by atoms with van der Waals surface area (Å²) in [5.41, 5.74) is 0.852. The van der Waals surface area contributed by atoms with Crippen molar-refractivity contribution in [2.24, 2.45) is 0 Å². The molecular formula is C13H19BrN6. The molecule has 20 heavy (non-hydrogen) atoms. The van der Waals surface area contributed by atoms with Gasteiger partial charge < -0.3 is 10.2 Å². The van der Waals surface area contributed by atoms with Crippen LogP contribution in [0.1, 0.15) is 0 Å². The number of rotatable bonds is 3. The minimum Gasteiger partial charge on any atom is -0.351 e. The number of halogens is 1. The summed E-state index contributed by atoms with van der Waals surface area (Å²) in [5.74, 6) is 0.685. The van der Waals surface area contributed by atoms with E-state index >= 15 is 0 Å². The van der Waals surface area contributed by atoms with Gasteiger partial charge in [0.25, 0.3) is 0 Å². The van der Waals surface area contributed by atoms with Crippen LogP contribution in [-0.4, -0.2) is 70.7 Å². The van der Waals surface area contributed by atoms with Gasteiger partial charge in [0.2, 0.25) is 5.95 Å². The van der Waals surface area contributed by atoms with Crippen molar-refractivity contribution in [3.63, 3.8) is 0 Å². The van der Waals surface area contributed by atoms with Crippen LogP contribution >= 0.6 is 15.9 Å². The highest BCUT2D eigenvalue weighted by molar-refractivity contribution is 9.10. The first-order valence-corrected chi connectivity index (χ1v) is 7.56. The summed E-state index contributed by atoms with van der Waals surface area (Å²) in [5, 5.41) is 7.78. The van der Waals surface area contributed by atoms with E-state index in [0.29, 0.717) is 12.0 Å². The van der Waals surface area contributed by atoms with Gasteiger partial charge in [-0.3, -0.25) is 4.90 Å². The van der Waals surface area contributed by atoms with E-state index in [-0.39, 0.29) is 0 Å². The molecule has 0 bridgehead atoms. The van der Waals surface area contributed by atoms with E-state index in [1.54, 1.807) is 4.52 Å². The van der Waals surface area contributed by atoms with Crippen molar-refractivity contribution in [1.82, 2.24) is 24.4 Å². The van der Waals surface area contributed by atoms with E-state index < -0.39 is 0 Å². The Bertz CT molecular complexity index is 598. The quantitative estimate of drug-likeness (QED) is 0.909. The maximum atomic E-state index is 4.47. The molecule has 7 heteroatoms. The summed E-state index contributed by atoms with van der Waals surface area (Å²) in [6.07, 6.45) is 1.91. The lowest BCUT2D eigenvalue weighted by Crippen LogP contribution is -2.52. The molecule has 0 amide bonds. The monoisotopic (exact) mass is 338 g/mol. The Hall–Kier alpha value is -1.18. The first-order valence-electron chi connectivity index (χ1n) is 6.76. The average Bonchev–Trinajstić information content (AvgIpc) is 2.81. The van der Waals surface area contributed by atoms with Gasteiger partial charge in [-0.05, 0) is 42.2 Å². The first-order chi connectivity index (χ1) is 9.61. The second-order valence-corrected chi connectivity index (χ2v) is 6.28. The summed E-state index contributed by atoms with van der Waals surface area (Å²) in [6, 6.07) is 4.41. The number of likely N-dealkylation sites (N-methyl/N-ethyl adjacent to an activating group) is 2. The van der Waals surface area contributed by atoms with E-state index in [1.165, 1.54) is 0 Å². The van der Waals surface area contributed by atoms with Crippen LogP contribution in [0.5, 0.6) is 0 Å². The summed E-state index contributed by atoms with van der Waals surface area (Å²) >= 11 is 3.44. The molecule has 6 nitrogen and oxygen atoms in total. The molecule has 0 spiro atoms. The minimum absolute atomic E-state index is 0.493. The third-order valence-electron chi connectivity index (χ3n) is 3.77. The fourth-order valence-corrected chi connectivity index (χ4v) is 2.79. The zero-order chi connectivity index (χ0) is 14.1. The largest absolute Gasteiger partial charge is 0.351 e. The SMILES string of the molecule is CN1CCN(C)C(CNc2nc3ccc(Br)cn3n2)C1. The van der Waals surface area contributed by atoms with Gasteiger partial charge in [-0.1, -0.05) is 0 Å². The van der Waals surface area contributed by atoms with E-state index in [9.17, 15) is 0 Å². The Labute approximate surface area is 126 Å². The number of hydrogen-bond acceptors (Lipinski definition) is 5. The molecule has 0 aliphatic carbocycles. The third kappa shape index (κ3) is 2.94. The van der Waals surface area contributed by atoms with Crippen molar-refractivity contribution in [1.29, 1.82) is 0 Å². The van der Waals surface area contributed by atoms with Gasteiger partial charge in [-0.2, -0.15) is 4.98 Å². The van der Waals surface area contributed by atoms with Crippen LogP contribution in [0.15, 0.2) is 22.8 Å². The van der Waals surface area contributed by atoms with Crippen molar-refractivity contribution in [3.05, 3.63) is 22.8 Å². The highest BCUT2D eigenvalue weighted by Crippen LogP contribution is 2.13. The van der Waals surface area contributed by atoms with Gasteiger partial charge in [0, 0.05) is 42.9 Å². The molecule has 2 aromatic heterocycles. The predicted molar refractivity (Wildman–Crippen MR) is 83.1 cm³/mol. The Morgan fingerprint density at radius 3 is 3.05 bits per heavy atom. The number of pyridine rings is 1. The van der Waals surface area contributed by atoms with Gasteiger partial charge in [-0.15, -0.1) is 5.10 Å². The van der Waals surface area contributed by atoms with Gasteiger partial charge in [0.05, 0.1) is 0 Å². The molecule has 1 aliphatic rings. The second kappa shape index (κ2) is 5.67. The Morgan fingerprint density at radius 1 is 1.35 bits per heavy atom. The molecule has 1 saturated heterocycles. The molecule has 1 N–H and O–H groups in total. The minimum atomic E-state index is 0.493. The van der Waals surface area contributed by atoms with E-state index in [4.69, 9.17) is 0 Å². The normalized spacial score (nSPS) is 21.4. The maximum Gasteiger partial charge on any atom is 0.243 e. The molecule has 3 rings (SSSR count). The molecule has 1 fully saturated rings. The molecule has 2 aromatic rings. The Balaban J connectivity index is 1.67. The Morgan fingerprint density at radius 2 is 2.20 bits per heavy atom. The number of anilines is 1. The summed E-state index contributed by atoms with van der Waals surface area (Å²) in [7, 11) is 4.34. The van der Waals surface area contributed by atoms with Crippen LogP contribution in [0.25, 0.3) is 5.65 Å². The van der Waals surface area contributed by atoms with Gasteiger partial charge >= 0.3 is 0 Å². The highest BCUT2D eigenvalue weighted by atomic mass is 79.9. The lowest BCUT2D eigenvalue weighted by atomic mass is 10.2. The van der Waals surface area contributed by atoms with E-state index in [0.717, 1.165) is 36.3 Å². The number of fused-ring (bicyclic) bond motifs is 1. The highest BCUT2D eigenvalue weighted by Gasteiger charge is 2.22. The fourth-order valence-electron chi connectivity index (χ4n) is 2.46. The first kappa shape index (κ1) is 13.8. The van der Waals surface area contributed by atoms with Crippen molar-refractivity contribution in [2.75, 3.05) is 45.6 Å². The molecule has 0 aromatic carbocycles. The van der Waals surface area contributed by atoms with Crippen molar-refractivity contribution < 1.29 is 0 Å². The van der Waals surface area contributed by atoms with Crippen molar-refractivity contribution in [3.8, 4) is 0 Å². The number of nitrogens with one attached hydrogen (secondary N) is 1. The van der Waals surface area contributed by atoms with Crippen LogP contribution < -0.4 is 5.32 Å². The van der Waals surface area contributed by atoms with Crippen LogP contribution in [0.2, 0.25) is 0 Å². The molecule has 108 valence electrons. The molecule has 1 atom stereocenters. The lowest BCUT2D eigenvalue weighted by Gasteiger charge is -2.37. The topological polar surface area (TPSA) is 48.7 Å². The average molecular weight is 339 g/mol. The molecular weight excluding hydrogens is 320 g/mol. The maximum absolute atomic E-state index is 4.47. The van der Waals surface area contributed by atoms with Crippen LogP contribution in [-0.2, 0) is 0 Å². The second-order valence-electron chi connectivity index (χ2n) is 5.36. The number of hydrogen-bond donors (Lipinski definition) is 1. The molecule has 1 aliphatic heterocycles. The molecule has 1 unspecified atom stereocenters. The third-order valence-corrected chi connectivity index (χ3v) is 4.24. The summed E-state index contributed by atoms with van der Waals surface area (Å²) < 4.78 is 2.78. The number of piperazine rings is 1. The van der Waals surface area contributed by atoms with Crippen LogP contribution in [0.4, 0.5) is 5.95 Å². The molecule has 3 heterocycles. The van der Waals surface area contributed by atoms with Gasteiger partial charge in [0.15, 0.2) is 5.65 Å². The standard InChI is InChI=1S/C13H19BrN6/c1-18-5-6-19(2)11(9-18)7-15-13-16-12-4-3-10(14)8-20(12)17-13/h3-4,8,11H,5-7,9H2,1-2H3,(H,15,17). The zero-order valence-electron chi connectivity index (χ0n) is 11.8. The molecule has 0 saturated carbocycles. The smallest absolute Gasteiger partial charge is 0.243 e. The number of nitrogens with zero attached hydrogens (tertiary/aromatic N) is 5. The fraction of sp³-hybridized carbons (Fsp3) is 0.538. The lowest BCUT2D eigenvalue weighted by molar-refractivity contribution is 0.121. The van der Waals surface area contributed by atoms with Crippen molar-refractivity contribution in [2.45, 2.75) is 6.04 Å². The Kier molecular flexibility index (Phi) is 3.91.